The lowest BCUT2D eigenvalue weighted by molar-refractivity contribution is -0.137. The minimum Gasteiger partial charge on any atom is -0.468 e. The number of carbonyl (C=O) groups is 2. The molecule has 1 aliphatic rings. The number of aromatic nitrogens is 2. The summed E-state index contributed by atoms with van der Waals surface area (Å²) in [4.78, 5) is 23.9. The molecule has 13 heteroatoms. The average molecular weight is 505 g/mol. The summed E-state index contributed by atoms with van der Waals surface area (Å²) < 4.78 is 32.1. The van der Waals surface area contributed by atoms with Crippen LogP contribution in [0.1, 0.15) is 18.4 Å². The largest absolute Gasteiger partial charge is 0.468 e. The lowest BCUT2D eigenvalue weighted by Crippen LogP contribution is -2.44. The fourth-order valence-electron chi connectivity index (χ4n) is 3.04. The maximum absolute atomic E-state index is 12.8. The monoisotopic (exact) mass is 504 g/mol. The van der Waals surface area contributed by atoms with E-state index in [4.69, 9.17) is 11.6 Å². The molecular formula is C18H21ClN4O5S3. The number of nitrogens with zero attached hydrogens (tertiary/aromatic N) is 3. The summed E-state index contributed by atoms with van der Waals surface area (Å²) in [6.07, 6.45) is 1.17. The van der Waals surface area contributed by atoms with E-state index in [9.17, 15) is 18.0 Å². The second kappa shape index (κ2) is 10.7. The summed E-state index contributed by atoms with van der Waals surface area (Å²) in [5.74, 6) is -1.24. The molecule has 0 radical (unpaired) electrons. The molecule has 1 aliphatic heterocycles. The van der Waals surface area contributed by atoms with Gasteiger partial charge in [0, 0.05) is 18.1 Å². The van der Waals surface area contributed by atoms with Crippen molar-refractivity contribution in [2.75, 3.05) is 31.3 Å². The number of rotatable bonds is 8. The Morgan fingerprint density at radius 3 is 2.94 bits per heavy atom. The quantitative estimate of drug-likeness (QED) is 0.331. The van der Waals surface area contributed by atoms with Crippen LogP contribution in [-0.4, -0.2) is 60.7 Å². The third kappa shape index (κ3) is 6.88. The van der Waals surface area contributed by atoms with E-state index in [0.29, 0.717) is 39.4 Å². The molecule has 1 saturated heterocycles. The number of esters is 1. The molecule has 1 amide bonds. The third-order valence-corrected chi connectivity index (χ3v) is 8.56. The molecule has 0 unspecified atom stereocenters. The summed E-state index contributed by atoms with van der Waals surface area (Å²) in [6.45, 7) is 0.483. The molecule has 9 nitrogen and oxygen atoms in total. The SMILES string of the molecule is COC(=O)CSc1nnc(NC(=O)[C@H]2CCCN(S(=O)(=O)Cc3cccc(Cl)c3)C2)s1. The predicted molar refractivity (Wildman–Crippen MR) is 120 cm³/mol. The fourth-order valence-corrected chi connectivity index (χ4v) is 6.44. The minimum atomic E-state index is -3.58. The van der Waals surface area contributed by atoms with E-state index < -0.39 is 15.9 Å². The number of carbonyl (C=O) groups excluding carboxylic acids is 2. The standard InChI is InChI=1S/C18H21ClN4O5S3/c1-28-15(24)10-29-18-22-21-17(30-18)20-16(25)13-5-3-7-23(9-13)31(26,27)11-12-4-2-6-14(19)8-12/h2,4,6,8,13H,3,5,7,9-11H2,1H3,(H,20,21,25)/t13-/m0/s1. The van der Waals surface area contributed by atoms with Crippen LogP contribution in [0.25, 0.3) is 0 Å². The number of ether oxygens (including phenoxy) is 1. The van der Waals surface area contributed by atoms with Crippen molar-refractivity contribution in [2.45, 2.75) is 22.9 Å². The van der Waals surface area contributed by atoms with E-state index >= 15 is 0 Å². The van der Waals surface area contributed by atoms with E-state index in [1.54, 1.807) is 24.3 Å². The molecule has 0 bridgehead atoms. The smallest absolute Gasteiger partial charge is 0.316 e. The van der Waals surface area contributed by atoms with Crippen LogP contribution in [0.5, 0.6) is 0 Å². The van der Waals surface area contributed by atoms with E-state index in [1.165, 1.54) is 11.4 Å². The van der Waals surface area contributed by atoms with Crippen LogP contribution in [-0.2, 0) is 30.1 Å². The molecule has 0 saturated carbocycles. The second-order valence-corrected chi connectivity index (χ2v) is 11.4. The molecular weight excluding hydrogens is 484 g/mol. The maximum Gasteiger partial charge on any atom is 0.316 e. The Bertz CT molecular complexity index is 1050. The van der Waals surface area contributed by atoms with E-state index in [0.717, 1.165) is 23.1 Å². The van der Waals surface area contributed by atoms with Crippen molar-refractivity contribution in [3.63, 3.8) is 0 Å². The highest BCUT2D eigenvalue weighted by Crippen LogP contribution is 2.27. The molecule has 2 aromatic rings. The minimum absolute atomic E-state index is 0.0984. The molecule has 1 N–H and O–H groups in total. The van der Waals surface area contributed by atoms with Gasteiger partial charge in [-0.15, -0.1) is 10.2 Å². The Hall–Kier alpha value is -1.73. The van der Waals surface area contributed by atoms with Gasteiger partial charge in [-0.3, -0.25) is 9.59 Å². The molecule has 168 valence electrons. The number of nitrogens with one attached hydrogen (secondary N) is 1. The first-order valence-electron chi connectivity index (χ1n) is 9.33. The molecule has 1 aromatic heterocycles. The summed E-state index contributed by atoms with van der Waals surface area (Å²) >= 11 is 8.26. The fraction of sp³-hybridized carbons (Fsp3) is 0.444. The van der Waals surface area contributed by atoms with Crippen molar-refractivity contribution in [3.8, 4) is 0 Å². The summed E-state index contributed by atoms with van der Waals surface area (Å²) in [5.41, 5.74) is 0.602. The zero-order chi connectivity index (χ0) is 22.4. The van der Waals surface area contributed by atoms with Crippen LogP contribution in [0.2, 0.25) is 5.02 Å². The first-order chi connectivity index (χ1) is 14.8. The normalized spacial score (nSPS) is 17.3. The predicted octanol–water partition coefficient (Wildman–Crippen LogP) is 2.64. The molecule has 31 heavy (non-hydrogen) atoms. The average Bonchev–Trinajstić information content (AvgIpc) is 3.19. The van der Waals surface area contributed by atoms with Crippen molar-refractivity contribution >= 4 is 61.7 Å². The molecule has 1 fully saturated rings. The molecule has 0 aliphatic carbocycles. The third-order valence-electron chi connectivity index (χ3n) is 4.56. The molecule has 3 rings (SSSR count). The van der Waals surface area contributed by atoms with Crippen LogP contribution in [0, 0.1) is 5.92 Å². The van der Waals surface area contributed by atoms with Crippen LogP contribution in [0.15, 0.2) is 28.6 Å². The van der Waals surface area contributed by atoms with Gasteiger partial charge >= 0.3 is 5.97 Å². The highest BCUT2D eigenvalue weighted by atomic mass is 35.5. The number of anilines is 1. The second-order valence-electron chi connectivity index (χ2n) is 6.81. The number of halogens is 1. The van der Waals surface area contributed by atoms with Crippen LogP contribution in [0.3, 0.4) is 0 Å². The first kappa shape index (κ1) is 23.9. The number of hydrogen-bond donors (Lipinski definition) is 1. The molecule has 1 aromatic carbocycles. The first-order valence-corrected chi connectivity index (χ1v) is 13.1. The Morgan fingerprint density at radius 1 is 1.39 bits per heavy atom. The summed E-state index contributed by atoms with van der Waals surface area (Å²) in [7, 11) is -2.28. The Balaban J connectivity index is 1.58. The van der Waals surface area contributed by atoms with Crippen molar-refractivity contribution < 1.29 is 22.7 Å². The van der Waals surface area contributed by atoms with Gasteiger partial charge in [0.25, 0.3) is 0 Å². The molecule has 0 spiro atoms. The van der Waals surface area contributed by atoms with Gasteiger partial charge in [-0.05, 0) is 30.5 Å². The molecule has 2 heterocycles. The van der Waals surface area contributed by atoms with E-state index in [2.05, 4.69) is 20.3 Å². The van der Waals surface area contributed by atoms with E-state index in [1.807, 2.05) is 0 Å². The lowest BCUT2D eigenvalue weighted by atomic mass is 9.99. The van der Waals surface area contributed by atoms with Gasteiger partial charge in [0.1, 0.15) is 0 Å². The van der Waals surface area contributed by atoms with Gasteiger partial charge in [0.05, 0.1) is 24.5 Å². The van der Waals surface area contributed by atoms with Crippen molar-refractivity contribution in [1.29, 1.82) is 0 Å². The Kier molecular flexibility index (Phi) is 8.28. The van der Waals surface area contributed by atoms with Gasteiger partial charge in [-0.25, -0.2) is 12.7 Å². The zero-order valence-corrected chi connectivity index (χ0v) is 19.8. The van der Waals surface area contributed by atoms with Gasteiger partial charge in [0.15, 0.2) is 4.34 Å². The summed E-state index contributed by atoms with van der Waals surface area (Å²) in [6, 6.07) is 6.73. The highest BCUT2D eigenvalue weighted by molar-refractivity contribution is 8.01. The van der Waals surface area contributed by atoms with Gasteiger partial charge in [-0.1, -0.05) is 46.8 Å². The number of sulfonamides is 1. The van der Waals surface area contributed by atoms with Gasteiger partial charge in [0.2, 0.25) is 21.1 Å². The number of benzene rings is 1. The highest BCUT2D eigenvalue weighted by Gasteiger charge is 2.32. The number of methoxy groups -OCH3 is 1. The van der Waals surface area contributed by atoms with Gasteiger partial charge < -0.3 is 10.1 Å². The van der Waals surface area contributed by atoms with Crippen LogP contribution < -0.4 is 5.32 Å². The lowest BCUT2D eigenvalue weighted by Gasteiger charge is -2.31. The number of piperidine rings is 1. The van der Waals surface area contributed by atoms with Crippen LogP contribution >= 0.6 is 34.7 Å². The summed E-state index contributed by atoms with van der Waals surface area (Å²) in [5, 5.41) is 11.3. The van der Waals surface area contributed by atoms with Crippen molar-refractivity contribution in [1.82, 2.24) is 14.5 Å². The van der Waals surface area contributed by atoms with E-state index in [-0.39, 0.29) is 29.9 Å². The maximum atomic E-state index is 12.8. The molecule has 1 atom stereocenters. The number of hydrogen-bond acceptors (Lipinski definition) is 9. The van der Waals surface area contributed by atoms with Crippen LogP contribution in [0.4, 0.5) is 5.13 Å². The topological polar surface area (TPSA) is 119 Å². The Labute approximate surface area is 193 Å². The number of amides is 1. The van der Waals surface area contributed by atoms with Crippen molar-refractivity contribution in [3.05, 3.63) is 34.9 Å². The Morgan fingerprint density at radius 2 is 2.19 bits per heavy atom. The number of thioether (sulfide) groups is 1. The van der Waals surface area contributed by atoms with Gasteiger partial charge in [-0.2, -0.15) is 0 Å². The van der Waals surface area contributed by atoms with Crippen molar-refractivity contribution in [2.24, 2.45) is 5.92 Å². The zero-order valence-electron chi connectivity index (χ0n) is 16.6.